The predicted molar refractivity (Wildman–Crippen MR) is 42.2 cm³/mol. The SMILES string of the molecule is Oc1c[nH]c2ccccc12.[H-].[H-].[K+].[Na+]. The van der Waals surface area contributed by atoms with Crippen LogP contribution >= 0.6 is 0 Å². The van der Waals surface area contributed by atoms with Crippen LogP contribution in [0.15, 0.2) is 30.5 Å². The maximum atomic E-state index is 9.18. The molecule has 0 radical (unpaired) electrons. The van der Waals surface area contributed by atoms with Gasteiger partial charge >= 0.3 is 80.9 Å². The van der Waals surface area contributed by atoms with Gasteiger partial charge in [0.1, 0.15) is 5.75 Å². The monoisotopic (exact) mass is 197 g/mol. The second-order valence-corrected chi connectivity index (χ2v) is 2.22. The van der Waals surface area contributed by atoms with Crippen molar-refractivity contribution >= 4 is 10.9 Å². The van der Waals surface area contributed by atoms with Crippen LogP contribution in [-0.4, -0.2) is 10.1 Å². The molecule has 1 heterocycles. The first kappa shape index (κ1) is 13.2. The molecule has 0 atom stereocenters. The summed E-state index contributed by atoms with van der Waals surface area (Å²) >= 11 is 0. The molecule has 0 spiro atoms. The van der Waals surface area contributed by atoms with Crippen molar-refractivity contribution in [1.29, 1.82) is 0 Å². The molecule has 2 nitrogen and oxygen atoms in total. The van der Waals surface area contributed by atoms with Crippen molar-refractivity contribution in [3.8, 4) is 5.75 Å². The minimum atomic E-state index is 0. The van der Waals surface area contributed by atoms with Gasteiger partial charge in [0, 0.05) is 17.1 Å². The van der Waals surface area contributed by atoms with Crippen molar-refractivity contribution < 1.29 is 88.9 Å². The van der Waals surface area contributed by atoms with Gasteiger partial charge in [-0.05, 0) is 12.1 Å². The van der Waals surface area contributed by atoms with E-state index >= 15 is 0 Å². The van der Waals surface area contributed by atoms with E-state index in [1.807, 2.05) is 24.3 Å². The number of hydrogen-bond acceptors (Lipinski definition) is 1. The molecule has 2 rings (SSSR count). The fraction of sp³-hybridized carbons (Fsp3) is 0. The minimum Gasteiger partial charge on any atom is -1.00 e. The number of fused-ring (bicyclic) bond motifs is 1. The number of hydrogen-bond donors (Lipinski definition) is 2. The number of para-hydroxylation sites is 1. The molecule has 0 bridgehead atoms. The van der Waals surface area contributed by atoms with Gasteiger partial charge in [0.05, 0.1) is 0 Å². The number of aromatic nitrogens is 1. The molecule has 2 aromatic rings. The fourth-order valence-electron chi connectivity index (χ4n) is 1.06. The average Bonchev–Trinajstić information content (AvgIpc) is 2.34. The first-order chi connectivity index (χ1) is 4.88. The van der Waals surface area contributed by atoms with Crippen LogP contribution < -0.4 is 80.9 Å². The number of H-pyrrole nitrogens is 1. The first-order valence-corrected chi connectivity index (χ1v) is 3.13. The van der Waals surface area contributed by atoms with Crippen molar-refractivity contribution in [1.82, 2.24) is 4.98 Å². The molecule has 1 aromatic heterocycles. The van der Waals surface area contributed by atoms with Gasteiger partial charge in [0.25, 0.3) is 0 Å². The van der Waals surface area contributed by atoms with Gasteiger partial charge in [-0.1, -0.05) is 12.1 Å². The number of benzene rings is 1. The molecule has 0 aliphatic carbocycles. The zero-order valence-corrected chi connectivity index (χ0v) is 12.5. The minimum absolute atomic E-state index is 0. The molecule has 12 heavy (non-hydrogen) atoms. The van der Waals surface area contributed by atoms with Crippen LogP contribution in [0.25, 0.3) is 10.9 Å². The maximum Gasteiger partial charge on any atom is 1.00 e. The summed E-state index contributed by atoms with van der Waals surface area (Å²) in [5.74, 6) is 0.315. The van der Waals surface area contributed by atoms with E-state index in [2.05, 4.69) is 4.98 Å². The summed E-state index contributed by atoms with van der Waals surface area (Å²) in [6, 6.07) is 7.63. The predicted octanol–water partition coefficient (Wildman–Crippen LogP) is -3.89. The third kappa shape index (κ3) is 2.59. The smallest absolute Gasteiger partial charge is 1.00 e. The first-order valence-electron chi connectivity index (χ1n) is 3.13. The molecular weight excluding hydrogens is 188 g/mol. The van der Waals surface area contributed by atoms with Crippen LogP contribution in [0.5, 0.6) is 5.75 Å². The third-order valence-electron chi connectivity index (χ3n) is 1.57. The molecule has 0 saturated carbocycles. The van der Waals surface area contributed by atoms with E-state index in [0.29, 0.717) is 5.75 Å². The number of aromatic hydroxyl groups is 1. The number of aromatic amines is 1. The molecule has 0 aliphatic heterocycles. The van der Waals surface area contributed by atoms with E-state index in [0.717, 1.165) is 10.9 Å². The molecule has 2 N–H and O–H groups in total. The van der Waals surface area contributed by atoms with E-state index in [4.69, 9.17) is 0 Å². The van der Waals surface area contributed by atoms with Crippen molar-refractivity contribution in [2.75, 3.05) is 0 Å². The zero-order valence-electron chi connectivity index (χ0n) is 9.33. The summed E-state index contributed by atoms with van der Waals surface area (Å²) in [6.07, 6.45) is 1.59. The van der Waals surface area contributed by atoms with Gasteiger partial charge in [-0.3, -0.25) is 0 Å². The van der Waals surface area contributed by atoms with Crippen LogP contribution in [0, 0.1) is 0 Å². The van der Waals surface area contributed by atoms with E-state index in [-0.39, 0.29) is 83.8 Å². The van der Waals surface area contributed by atoms with E-state index in [9.17, 15) is 5.11 Å². The second kappa shape index (κ2) is 5.83. The maximum absolute atomic E-state index is 9.18. The van der Waals surface area contributed by atoms with Crippen LogP contribution in [0.2, 0.25) is 0 Å². The van der Waals surface area contributed by atoms with Crippen LogP contribution in [0.4, 0.5) is 0 Å². The summed E-state index contributed by atoms with van der Waals surface area (Å²) in [5.41, 5.74) is 0.972. The molecule has 0 aliphatic rings. The zero-order chi connectivity index (χ0) is 6.97. The Morgan fingerprint density at radius 3 is 2.58 bits per heavy atom. The molecule has 54 valence electrons. The summed E-state index contributed by atoms with van der Waals surface area (Å²) < 4.78 is 0. The Bertz CT molecular complexity index is 369. The van der Waals surface area contributed by atoms with Crippen LogP contribution in [-0.2, 0) is 0 Å². The van der Waals surface area contributed by atoms with Gasteiger partial charge < -0.3 is 12.9 Å². The molecule has 0 unspecified atom stereocenters. The van der Waals surface area contributed by atoms with Crippen molar-refractivity contribution in [3.63, 3.8) is 0 Å². The Labute approximate surface area is 138 Å². The van der Waals surface area contributed by atoms with Crippen LogP contribution in [0.1, 0.15) is 2.85 Å². The van der Waals surface area contributed by atoms with Gasteiger partial charge in [0.15, 0.2) is 0 Å². The number of rotatable bonds is 0. The molecule has 0 amide bonds. The third-order valence-corrected chi connectivity index (χ3v) is 1.57. The standard InChI is InChI=1S/C8H7NO.K.Na.2H/c10-8-5-9-7-4-2-1-3-6(7)8;;;;/h1-5,9-10H;;;;/q;2*+1;2*-1. The summed E-state index contributed by atoms with van der Waals surface area (Å²) in [7, 11) is 0. The van der Waals surface area contributed by atoms with E-state index in [1.165, 1.54) is 0 Å². The number of nitrogens with one attached hydrogen (secondary N) is 1. The largest absolute Gasteiger partial charge is 1.00 e. The Hall–Kier alpha value is 1.20. The normalized spacial score (nSPS) is 8.67. The quantitative estimate of drug-likeness (QED) is 0.416. The Balaban J connectivity index is -0.000000302. The molecule has 0 fully saturated rings. The summed E-state index contributed by atoms with van der Waals surface area (Å²) in [5, 5.41) is 10.1. The topological polar surface area (TPSA) is 36.0 Å². The van der Waals surface area contributed by atoms with E-state index < -0.39 is 0 Å². The van der Waals surface area contributed by atoms with Crippen molar-refractivity contribution in [2.24, 2.45) is 0 Å². The molecule has 0 saturated heterocycles. The van der Waals surface area contributed by atoms with Crippen molar-refractivity contribution in [2.45, 2.75) is 0 Å². The Morgan fingerprint density at radius 2 is 1.92 bits per heavy atom. The summed E-state index contributed by atoms with van der Waals surface area (Å²) in [4.78, 5) is 2.94. The molecular formula is C8H9KNNaO. The Morgan fingerprint density at radius 1 is 1.25 bits per heavy atom. The van der Waals surface area contributed by atoms with E-state index in [1.54, 1.807) is 6.20 Å². The van der Waals surface area contributed by atoms with Gasteiger partial charge in [-0.15, -0.1) is 0 Å². The molecule has 1 aromatic carbocycles. The fourth-order valence-corrected chi connectivity index (χ4v) is 1.06. The van der Waals surface area contributed by atoms with Gasteiger partial charge in [0.2, 0.25) is 0 Å². The second-order valence-electron chi connectivity index (χ2n) is 2.22. The van der Waals surface area contributed by atoms with Gasteiger partial charge in [-0.2, -0.15) is 0 Å². The molecule has 4 heteroatoms. The average molecular weight is 197 g/mol. The Kier molecular flexibility index (Phi) is 6.41. The van der Waals surface area contributed by atoms with Crippen LogP contribution in [0.3, 0.4) is 0 Å². The van der Waals surface area contributed by atoms with Gasteiger partial charge in [-0.25, -0.2) is 0 Å². The summed E-state index contributed by atoms with van der Waals surface area (Å²) in [6.45, 7) is 0. The van der Waals surface area contributed by atoms with Crippen molar-refractivity contribution in [3.05, 3.63) is 30.5 Å².